The molecular weight excluding hydrogens is 458 g/mol. The van der Waals surface area contributed by atoms with Crippen LogP contribution in [0.1, 0.15) is 66.3 Å². The zero-order chi connectivity index (χ0) is 26.6. The maximum Gasteiger partial charge on any atom is 0.359 e. The van der Waals surface area contributed by atoms with Crippen molar-refractivity contribution in [2.45, 2.75) is 54.8 Å². The Hall–Kier alpha value is -4.37. The molecule has 3 rings (SSSR count). The molecule has 2 heterocycles. The van der Waals surface area contributed by atoms with Crippen LogP contribution >= 0.6 is 0 Å². The fourth-order valence-corrected chi connectivity index (χ4v) is 3.85. The van der Waals surface area contributed by atoms with E-state index in [0.29, 0.717) is 16.7 Å². The Morgan fingerprint density at radius 1 is 1.03 bits per heavy atom. The van der Waals surface area contributed by atoms with Gasteiger partial charge in [0.15, 0.2) is 12.4 Å². The summed E-state index contributed by atoms with van der Waals surface area (Å²) < 4.78 is 13.9. The molecule has 0 aliphatic carbocycles. The van der Waals surface area contributed by atoms with Gasteiger partial charge in [-0.3, -0.25) is 4.79 Å². The molecule has 0 spiro atoms. The van der Waals surface area contributed by atoms with Crippen molar-refractivity contribution >= 4 is 11.9 Å². The van der Waals surface area contributed by atoms with Gasteiger partial charge in [-0.25, -0.2) is 9.48 Å². The quantitative estimate of drug-likeness (QED) is 0.450. The summed E-state index contributed by atoms with van der Waals surface area (Å²) in [5.41, 5.74) is 4.21. The van der Waals surface area contributed by atoms with Crippen LogP contribution in [0.2, 0.25) is 0 Å². The molecule has 0 saturated carbocycles. The minimum atomic E-state index is -0.672. The molecule has 0 bridgehead atoms. The fraction of sp³-hybridized carbons (Fsp3) is 0.370. The first-order valence-electron chi connectivity index (χ1n) is 11.5. The fourth-order valence-electron chi connectivity index (χ4n) is 3.85. The molecule has 186 valence electrons. The molecule has 36 heavy (non-hydrogen) atoms. The highest BCUT2D eigenvalue weighted by atomic mass is 16.5. The lowest BCUT2D eigenvalue weighted by Gasteiger charge is -2.16. The number of carbonyl (C=O) groups excluding carboxylic acids is 2. The predicted octanol–water partition coefficient (Wildman–Crippen LogP) is 4.48. The van der Waals surface area contributed by atoms with E-state index in [1.54, 1.807) is 46.0 Å². The first-order valence-corrected chi connectivity index (χ1v) is 11.5. The second-order valence-electron chi connectivity index (χ2n) is 9.38. The number of benzene rings is 1. The largest absolute Gasteiger partial charge is 0.461 e. The molecule has 3 aromatic rings. The van der Waals surface area contributed by atoms with Gasteiger partial charge in [-0.05, 0) is 59.2 Å². The van der Waals surface area contributed by atoms with Gasteiger partial charge in [0.25, 0.3) is 0 Å². The highest BCUT2D eigenvalue weighted by Crippen LogP contribution is 2.33. The molecule has 0 unspecified atom stereocenters. The Bertz CT molecular complexity index is 1380. The van der Waals surface area contributed by atoms with Crippen molar-refractivity contribution in [3.63, 3.8) is 0 Å². The zero-order valence-corrected chi connectivity index (χ0v) is 21.4. The van der Waals surface area contributed by atoms with Gasteiger partial charge in [-0.1, -0.05) is 12.1 Å². The van der Waals surface area contributed by atoms with E-state index >= 15 is 0 Å². The number of aromatic nitrogens is 3. The second kappa shape index (κ2) is 10.5. The molecule has 9 heteroatoms. The molecule has 1 aromatic carbocycles. The first-order chi connectivity index (χ1) is 17.0. The van der Waals surface area contributed by atoms with E-state index in [2.05, 4.69) is 17.2 Å². The normalized spacial score (nSPS) is 11.0. The van der Waals surface area contributed by atoms with E-state index in [1.165, 1.54) is 4.68 Å². The summed E-state index contributed by atoms with van der Waals surface area (Å²) in [4.78, 5) is 24.8. The van der Waals surface area contributed by atoms with Gasteiger partial charge in [-0.2, -0.15) is 15.6 Å². The molecule has 9 nitrogen and oxygen atoms in total. The number of hydrogen-bond acceptors (Lipinski definition) is 7. The van der Waals surface area contributed by atoms with Gasteiger partial charge in [-0.15, -0.1) is 0 Å². The zero-order valence-electron chi connectivity index (χ0n) is 21.4. The van der Waals surface area contributed by atoms with Gasteiger partial charge in [0.05, 0.1) is 35.8 Å². The van der Waals surface area contributed by atoms with E-state index in [0.717, 1.165) is 22.5 Å². The second-order valence-corrected chi connectivity index (χ2v) is 9.38. The van der Waals surface area contributed by atoms with Crippen LogP contribution in [0.15, 0.2) is 30.5 Å². The van der Waals surface area contributed by atoms with E-state index in [1.807, 2.05) is 30.5 Å². The first kappa shape index (κ1) is 26.2. The lowest BCUT2D eigenvalue weighted by Crippen LogP contribution is -2.24. The molecule has 2 aromatic heterocycles. The lowest BCUT2D eigenvalue weighted by atomic mass is 9.98. The number of nitriles is 2. The van der Waals surface area contributed by atoms with Crippen LogP contribution in [0, 0.1) is 41.9 Å². The highest BCUT2D eigenvalue weighted by Gasteiger charge is 2.25. The van der Waals surface area contributed by atoms with Crippen molar-refractivity contribution in [3.8, 4) is 23.3 Å². The topological polar surface area (TPSA) is 123 Å². The van der Waals surface area contributed by atoms with Crippen molar-refractivity contribution in [3.05, 3.63) is 64.2 Å². The molecule has 0 radical (unpaired) electrons. The van der Waals surface area contributed by atoms with Gasteiger partial charge < -0.3 is 14.0 Å². The standard InChI is InChI=1S/C27H29N5O4/c1-7-35-25(33)24-21(14-31(30-24)16-36-26(34)27(4,5)6)15-32-17(2)22(13-29)23(18(32)3)20-10-8-19(12-28)9-11-20/h8-11,14H,7,15-16H2,1-6H3. The van der Waals surface area contributed by atoms with Crippen LogP contribution in [-0.4, -0.2) is 32.9 Å². The van der Waals surface area contributed by atoms with Gasteiger partial charge in [0.1, 0.15) is 6.07 Å². The minimum Gasteiger partial charge on any atom is -0.461 e. The number of nitrogens with zero attached hydrogens (tertiary/aromatic N) is 5. The predicted molar refractivity (Wildman–Crippen MR) is 132 cm³/mol. The molecule has 0 atom stereocenters. The van der Waals surface area contributed by atoms with Gasteiger partial charge >= 0.3 is 11.9 Å². The summed E-state index contributed by atoms with van der Waals surface area (Å²) >= 11 is 0. The maximum atomic E-state index is 12.7. The average Bonchev–Trinajstić information content (AvgIpc) is 3.35. The van der Waals surface area contributed by atoms with Crippen LogP contribution in [0.5, 0.6) is 0 Å². The van der Waals surface area contributed by atoms with Crippen LogP contribution in [0.3, 0.4) is 0 Å². The van der Waals surface area contributed by atoms with Crippen LogP contribution in [-0.2, 0) is 27.5 Å². The molecule has 0 saturated heterocycles. The monoisotopic (exact) mass is 487 g/mol. The summed E-state index contributed by atoms with van der Waals surface area (Å²) in [6, 6.07) is 11.4. The van der Waals surface area contributed by atoms with Crippen molar-refractivity contribution in [2.75, 3.05) is 6.61 Å². The number of hydrogen-bond donors (Lipinski definition) is 0. The number of ether oxygens (including phenoxy) is 2. The Kier molecular flexibility index (Phi) is 7.65. The van der Waals surface area contributed by atoms with E-state index in [9.17, 15) is 14.9 Å². The SMILES string of the molecule is CCOC(=O)c1nn(COC(=O)C(C)(C)C)cc1Cn1c(C)c(C#N)c(-c2ccc(C#N)cc2)c1C. The number of carbonyl (C=O) groups is 2. The Morgan fingerprint density at radius 2 is 1.69 bits per heavy atom. The Balaban J connectivity index is 2.02. The Labute approximate surface area is 210 Å². The van der Waals surface area contributed by atoms with Gasteiger partial charge in [0, 0.05) is 28.7 Å². The molecule has 0 fully saturated rings. The van der Waals surface area contributed by atoms with Gasteiger partial charge in [0.2, 0.25) is 0 Å². The lowest BCUT2D eigenvalue weighted by molar-refractivity contribution is -0.157. The van der Waals surface area contributed by atoms with Crippen molar-refractivity contribution in [1.29, 1.82) is 10.5 Å². The molecule has 0 amide bonds. The van der Waals surface area contributed by atoms with Crippen molar-refractivity contribution in [2.24, 2.45) is 5.41 Å². The summed E-state index contributed by atoms with van der Waals surface area (Å²) in [6.45, 7) is 11.0. The minimum absolute atomic E-state index is 0.120. The average molecular weight is 488 g/mol. The smallest absolute Gasteiger partial charge is 0.359 e. The van der Waals surface area contributed by atoms with Crippen molar-refractivity contribution < 1.29 is 19.1 Å². The van der Waals surface area contributed by atoms with Crippen LogP contribution in [0.25, 0.3) is 11.1 Å². The number of esters is 2. The van der Waals surface area contributed by atoms with E-state index in [4.69, 9.17) is 14.7 Å². The Morgan fingerprint density at radius 3 is 2.25 bits per heavy atom. The van der Waals surface area contributed by atoms with Crippen molar-refractivity contribution in [1.82, 2.24) is 14.3 Å². The number of rotatable bonds is 7. The third kappa shape index (κ3) is 5.31. The van der Waals surface area contributed by atoms with Crippen LogP contribution < -0.4 is 0 Å². The summed E-state index contributed by atoms with van der Waals surface area (Å²) in [7, 11) is 0. The molecule has 0 aliphatic heterocycles. The molecule has 0 aliphatic rings. The third-order valence-corrected chi connectivity index (χ3v) is 5.77. The van der Waals surface area contributed by atoms with E-state index < -0.39 is 11.4 Å². The molecular formula is C27H29N5O4. The maximum absolute atomic E-state index is 12.7. The van der Waals surface area contributed by atoms with E-state index in [-0.39, 0.29) is 31.5 Å². The highest BCUT2D eigenvalue weighted by molar-refractivity contribution is 5.89. The molecule has 0 N–H and O–H groups in total. The third-order valence-electron chi connectivity index (χ3n) is 5.77. The summed E-state index contributed by atoms with van der Waals surface area (Å²) in [5, 5.41) is 23.3. The summed E-state index contributed by atoms with van der Waals surface area (Å²) in [6.07, 6.45) is 1.65. The van der Waals surface area contributed by atoms with Crippen LogP contribution in [0.4, 0.5) is 0 Å². The summed E-state index contributed by atoms with van der Waals surface area (Å²) in [5.74, 6) is -0.969.